The number of benzene rings is 3. The Labute approximate surface area is 204 Å². The molecule has 0 saturated carbocycles. The van der Waals surface area contributed by atoms with Crippen LogP contribution in [0.25, 0.3) is 6.08 Å². The van der Waals surface area contributed by atoms with E-state index in [1.54, 1.807) is 18.2 Å². The van der Waals surface area contributed by atoms with Gasteiger partial charge < -0.3 is 9.84 Å². The van der Waals surface area contributed by atoms with Crippen LogP contribution in [0.3, 0.4) is 0 Å². The molecule has 0 unspecified atom stereocenters. The molecule has 172 valence electrons. The second kappa shape index (κ2) is 9.52. The van der Waals surface area contributed by atoms with Crippen molar-refractivity contribution in [3.05, 3.63) is 93.0 Å². The van der Waals surface area contributed by atoms with Gasteiger partial charge in [-0.25, -0.2) is 9.69 Å². The second-order valence-corrected chi connectivity index (χ2v) is 8.80. The third-order valence-corrected chi connectivity index (χ3v) is 5.77. The summed E-state index contributed by atoms with van der Waals surface area (Å²) in [5.41, 5.74) is 3.99. The highest BCUT2D eigenvalue weighted by atomic mass is 79.9. The van der Waals surface area contributed by atoms with Crippen molar-refractivity contribution >= 4 is 45.5 Å². The molecule has 1 fully saturated rings. The maximum absolute atomic E-state index is 13.0. The standard InChI is InChI=1S/C26H21BrN2O5/c1-15-9-16(2)11-18(10-15)14-34-23-8-3-17(13-22(23)27)12-21-24(31)28-26(33)29(25(21)32)19-4-6-20(30)7-5-19/h3-13,30H,14H2,1-2H3,(H,28,31,33)/b21-12+. The Morgan fingerprint density at radius 1 is 0.971 bits per heavy atom. The summed E-state index contributed by atoms with van der Waals surface area (Å²) in [6, 6.07) is 16.1. The zero-order chi connectivity index (χ0) is 24.4. The number of barbiturate groups is 1. The first kappa shape index (κ1) is 23.3. The molecule has 0 aromatic heterocycles. The van der Waals surface area contributed by atoms with Crippen molar-refractivity contribution < 1.29 is 24.2 Å². The number of hydrogen-bond acceptors (Lipinski definition) is 5. The van der Waals surface area contributed by atoms with E-state index in [2.05, 4.69) is 39.4 Å². The summed E-state index contributed by atoms with van der Waals surface area (Å²) in [6.45, 7) is 4.47. The van der Waals surface area contributed by atoms with E-state index in [0.717, 1.165) is 21.6 Å². The predicted octanol–water partition coefficient (Wildman–Crippen LogP) is 5.02. The number of phenolic OH excluding ortho intramolecular Hbond substituents is 1. The number of imide groups is 2. The van der Waals surface area contributed by atoms with E-state index in [-0.39, 0.29) is 17.0 Å². The molecule has 0 spiro atoms. The molecule has 0 aliphatic carbocycles. The summed E-state index contributed by atoms with van der Waals surface area (Å²) in [5, 5.41) is 11.6. The number of phenols is 1. The zero-order valence-electron chi connectivity index (χ0n) is 18.5. The third-order valence-electron chi connectivity index (χ3n) is 5.15. The number of aryl methyl sites for hydroxylation is 2. The zero-order valence-corrected chi connectivity index (χ0v) is 20.0. The van der Waals surface area contributed by atoms with Crippen LogP contribution in [0.4, 0.5) is 10.5 Å². The van der Waals surface area contributed by atoms with Crippen LogP contribution >= 0.6 is 15.9 Å². The van der Waals surface area contributed by atoms with Crippen molar-refractivity contribution in [2.45, 2.75) is 20.5 Å². The van der Waals surface area contributed by atoms with Crippen LogP contribution in [0.5, 0.6) is 11.5 Å². The molecule has 0 atom stereocenters. The topological polar surface area (TPSA) is 95.9 Å². The van der Waals surface area contributed by atoms with Gasteiger partial charge in [0.15, 0.2) is 0 Å². The first-order valence-corrected chi connectivity index (χ1v) is 11.2. The fourth-order valence-electron chi connectivity index (χ4n) is 3.70. The van der Waals surface area contributed by atoms with Crippen LogP contribution < -0.4 is 15.0 Å². The van der Waals surface area contributed by atoms with Gasteiger partial charge in [0, 0.05) is 0 Å². The number of anilines is 1. The minimum absolute atomic E-state index is 0.00912. The van der Waals surface area contributed by atoms with Gasteiger partial charge in [-0.1, -0.05) is 35.4 Å². The van der Waals surface area contributed by atoms with E-state index in [9.17, 15) is 19.5 Å². The Bertz CT molecular complexity index is 1310. The van der Waals surface area contributed by atoms with Crippen LogP contribution in [0, 0.1) is 13.8 Å². The molecule has 1 aliphatic heterocycles. The summed E-state index contributed by atoms with van der Waals surface area (Å²) >= 11 is 3.48. The lowest BCUT2D eigenvalue weighted by Crippen LogP contribution is -2.54. The number of ether oxygens (including phenoxy) is 1. The lowest BCUT2D eigenvalue weighted by molar-refractivity contribution is -0.122. The predicted molar refractivity (Wildman–Crippen MR) is 131 cm³/mol. The molecule has 1 saturated heterocycles. The minimum atomic E-state index is -0.853. The highest BCUT2D eigenvalue weighted by molar-refractivity contribution is 9.10. The number of halogens is 1. The number of carbonyl (C=O) groups excluding carboxylic acids is 3. The van der Waals surface area contributed by atoms with Crippen LogP contribution in [0.1, 0.15) is 22.3 Å². The maximum atomic E-state index is 13.0. The van der Waals surface area contributed by atoms with Crippen molar-refractivity contribution in [2.24, 2.45) is 0 Å². The van der Waals surface area contributed by atoms with Crippen molar-refractivity contribution in [1.82, 2.24) is 5.32 Å². The molecule has 3 aromatic rings. The lowest BCUT2D eigenvalue weighted by Gasteiger charge is -2.26. The summed E-state index contributed by atoms with van der Waals surface area (Å²) in [4.78, 5) is 38.5. The van der Waals surface area contributed by atoms with Crippen LogP contribution in [0.2, 0.25) is 0 Å². The smallest absolute Gasteiger partial charge is 0.335 e. The second-order valence-electron chi connectivity index (χ2n) is 7.95. The molecule has 7 nitrogen and oxygen atoms in total. The summed E-state index contributed by atoms with van der Waals surface area (Å²) < 4.78 is 6.59. The Hall–Kier alpha value is -3.91. The van der Waals surface area contributed by atoms with Gasteiger partial charge in [0.1, 0.15) is 23.7 Å². The van der Waals surface area contributed by atoms with Gasteiger partial charge in [-0.05, 0) is 83.4 Å². The monoisotopic (exact) mass is 520 g/mol. The molecule has 1 heterocycles. The van der Waals surface area contributed by atoms with Gasteiger partial charge in [0.25, 0.3) is 11.8 Å². The summed E-state index contributed by atoms with van der Waals surface area (Å²) in [6.07, 6.45) is 1.41. The number of rotatable bonds is 5. The number of nitrogens with zero attached hydrogens (tertiary/aromatic N) is 1. The molecule has 0 bridgehead atoms. The highest BCUT2D eigenvalue weighted by Crippen LogP contribution is 2.29. The van der Waals surface area contributed by atoms with Crippen molar-refractivity contribution in [3.8, 4) is 11.5 Å². The van der Waals surface area contributed by atoms with E-state index < -0.39 is 17.8 Å². The molecular weight excluding hydrogens is 500 g/mol. The number of hydrogen-bond donors (Lipinski definition) is 2. The van der Waals surface area contributed by atoms with Crippen molar-refractivity contribution in [1.29, 1.82) is 0 Å². The number of amides is 4. The van der Waals surface area contributed by atoms with Gasteiger partial charge in [-0.2, -0.15) is 0 Å². The molecule has 34 heavy (non-hydrogen) atoms. The average molecular weight is 521 g/mol. The SMILES string of the molecule is Cc1cc(C)cc(COc2ccc(/C=C3\C(=O)NC(=O)N(c4ccc(O)cc4)C3=O)cc2Br)c1. The molecule has 4 rings (SSSR count). The fraction of sp³-hybridized carbons (Fsp3) is 0.115. The minimum Gasteiger partial charge on any atom is -0.508 e. The van der Waals surface area contributed by atoms with E-state index in [1.807, 2.05) is 13.8 Å². The Balaban J connectivity index is 1.55. The van der Waals surface area contributed by atoms with Crippen molar-refractivity contribution in [2.75, 3.05) is 4.90 Å². The van der Waals surface area contributed by atoms with Crippen LogP contribution in [-0.4, -0.2) is 23.0 Å². The Morgan fingerprint density at radius 3 is 2.29 bits per heavy atom. The van der Waals surface area contributed by atoms with Gasteiger partial charge in [-0.3, -0.25) is 14.9 Å². The summed E-state index contributed by atoms with van der Waals surface area (Å²) in [5.74, 6) is -0.936. The van der Waals surface area contributed by atoms with E-state index in [4.69, 9.17) is 4.74 Å². The molecular formula is C26H21BrN2O5. The lowest BCUT2D eigenvalue weighted by atomic mass is 10.1. The molecule has 3 aromatic carbocycles. The largest absolute Gasteiger partial charge is 0.508 e. The molecule has 8 heteroatoms. The molecule has 1 aliphatic rings. The van der Waals surface area contributed by atoms with Gasteiger partial charge in [-0.15, -0.1) is 0 Å². The van der Waals surface area contributed by atoms with E-state index in [1.165, 1.54) is 30.3 Å². The summed E-state index contributed by atoms with van der Waals surface area (Å²) in [7, 11) is 0. The third kappa shape index (κ3) is 5.02. The Kier molecular flexibility index (Phi) is 6.51. The van der Waals surface area contributed by atoms with Gasteiger partial charge in [0.05, 0.1) is 10.2 Å². The van der Waals surface area contributed by atoms with Crippen LogP contribution in [-0.2, 0) is 16.2 Å². The van der Waals surface area contributed by atoms with E-state index in [0.29, 0.717) is 22.4 Å². The number of nitrogens with one attached hydrogen (secondary N) is 1. The number of aromatic hydroxyl groups is 1. The molecule has 2 N–H and O–H groups in total. The number of urea groups is 1. The first-order valence-electron chi connectivity index (χ1n) is 10.4. The maximum Gasteiger partial charge on any atom is 0.335 e. The van der Waals surface area contributed by atoms with E-state index >= 15 is 0 Å². The Morgan fingerprint density at radius 2 is 1.65 bits per heavy atom. The quantitative estimate of drug-likeness (QED) is 0.363. The van der Waals surface area contributed by atoms with Gasteiger partial charge >= 0.3 is 6.03 Å². The molecule has 4 amide bonds. The van der Waals surface area contributed by atoms with Crippen LogP contribution in [0.15, 0.2) is 70.7 Å². The average Bonchev–Trinajstić information content (AvgIpc) is 2.76. The normalized spacial score (nSPS) is 15.0. The first-order chi connectivity index (χ1) is 16.2. The molecule has 0 radical (unpaired) electrons. The van der Waals surface area contributed by atoms with Crippen molar-refractivity contribution in [3.63, 3.8) is 0 Å². The number of carbonyl (C=O) groups is 3. The van der Waals surface area contributed by atoms with Gasteiger partial charge in [0.2, 0.25) is 0 Å². The highest BCUT2D eigenvalue weighted by Gasteiger charge is 2.36. The fourth-order valence-corrected chi connectivity index (χ4v) is 4.21.